The molecule has 1 N–H and O–H groups in total. The van der Waals surface area contributed by atoms with Gasteiger partial charge >= 0.3 is 0 Å². The van der Waals surface area contributed by atoms with Crippen molar-refractivity contribution in [2.24, 2.45) is 0 Å². The number of hydrogen-bond donors (Lipinski definition) is 1. The van der Waals surface area contributed by atoms with Gasteiger partial charge in [0.05, 0.1) is 18.1 Å². The maximum atomic E-state index is 12.3. The second kappa shape index (κ2) is 8.68. The molecule has 0 spiro atoms. The molecular weight excluding hydrogens is 360 g/mol. The number of carbonyl (C=O) groups excluding carboxylic acids is 1. The molecule has 7 heteroatoms. The summed E-state index contributed by atoms with van der Waals surface area (Å²) >= 11 is 0. The summed E-state index contributed by atoms with van der Waals surface area (Å²) in [4.78, 5) is 22.6. The van der Waals surface area contributed by atoms with Gasteiger partial charge in [-0.3, -0.25) is 14.9 Å². The Kier molecular flexibility index (Phi) is 5.86. The van der Waals surface area contributed by atoms with Gasteiger partial charge in [0.1, 0.15) is 6.61 Å². The maximum absolute atomic E-state index is 12.3. The molecule has 0 saturated carbocycles. The summed E-state index contributed by atoms with van der Waals surface area (Å²) in [5.74, 6) is 0.489. The zero-order valence-corrected chi connectivity index (χ0v) is 15.1. The van der Waals surface area contributed by atoms with Crippen molar-refractivity contribution in [1.29, 1.82) is 0 Å². The summed E-state index contributed by atoms with van der Waals surface area (Å²) in [7, 11) is 1.42. The van der Waals surface area contributed by atoms with E-state index in [2.05, 4.69) is 5.32 Å². The second-order valence-electron chi connectivity index (χ2n) is 5.90. The molecule has 0 aliphatic rings. The normalized spacial score (nSPS) is 10.2. The van der Waals surface area contributed by atoms with Crippen molar-refractivity contribution >= 4 is 17.3 Å². The topological polar surface area (TPSA) is 90.7 Å². The van der Waals surface area contributed by atoms with Crippen molar-refractivity contribution in [3.8, 4) is 11.5 Å². The fourth-order valence-electron chi connectivity index (χ4n) is 2.53. The van der Waals surface area contributed by atoms with Crippen molar-refractivity contribution in [1.82, 2.24) is 0 Å². The largest absolute Gasteiger partial charge is 0.493 e. The lowest BCUT2D eigenvalue weighted by molar-refractivity contribution is -0.385. The highest BCUT2D eigenvalue weighted by atomic mass is 16.6. The Morgan fingerprint density at radius 1 is 1.00 bits per heavy atom. The number of methoxy groups -OCH3 is 1. The first-order chi connectivity index (χ1) is 13.6. The molecule has 0 unspecified atom stereocenters. The predicted octanol–water partition coefficient (Wildman–Crippen LogP) is 4.43. The van der Waals surface area contributed by atoms with E-state index in [0.717, 1.165) is 11.3 Å². The number of nitro benzene ring substituents is 1. The molecule has 28 heavy (non-hydrogen) atoms. The Labute approximate surface area is 161 Å². The van der Waals surface area contributed by atoms with E-state index < -0.39 is 4.92 Å². The maximum Gasteiger partial charge on any atom is 0.273 e. The van der Waals surface area contributed by atoms with Crippen molar-refractivity contribution in [3.63, 3.8) is 0 Å². The summed E-state index contributed by atoms with van der Waals surface area (Å²) in [5, 5.41) is 13.7. The van der Waals surface area contributed by atoms with Crippen LogP contribution in [-0.2, 0) is 6.61 Å². The zero-order valence-electron chi connectivity index (χ0n) is 15.1. The lowest BCUT2D eigenvalue weighted by Crippen LogP contribution is -2.11. The van der Waals surface area contributed by atoms with Gasteiger partial charge in [-0.1, -0.05) is 30.3 Å². The number of benzene rings is 3. The van der Waals surface area contributed by atoms with Crippen molar-refractivity contribution in [2.45, 2.75) is 6.61 Å². The van der Waals surface area contributed by atoms with Gasteiger partial charge in [-0.15, -0.1) is 0 Å². The van der Waals surface area contributed by atoms with E-state index in [1.54, 1.807) is 24.3 Å². The van der Waals surface area contributed by atoms with Crippen LogP contribution in [0.1, 0.15) is 15.9 Å². The Hall–Kier alpha value is -3.87. The molecule has 3 aromatic rings. The number of ether oxygens (including phenoxy) is 2. The molecule has 0 atom stereocenters. The Morgan fingerprint density at radius 3 is 2.36 bits per heavy atom. The highest BCUT2D eigenvalue weighted by Gasteiger charge is 2.12. The standard InChI is InChI=1S/C21H18N2O5/c1-27-20-13-18(23(25)26)11-12-19(20)28-14-15-7-9-16(10-8-15)21(24)22-17-5-3-2-4-6-17/h2-13H,14H2,1H3,(H,22,24). The second-order valence-corrected chi connectivity index (χ2v) is 5.90. The molecule has 142 valence electrons. The molecular formula is C21H18N2O5. The first kappa shape index (κ1) is 18.9. The molecule has 0 bridgehead atoms. The van der Waals surface area contributed by atoms with Gasteiger partial charge in [-0.25, -0.2) is 0 Å². The van der Waals surface area contributed by atoms with Crippen LogP contribution in [0.25, 0.3) is 0 Å². The smallest absolute Gasteiger partial charge is 0.273 e. The average molecular weight is 378 g/mol. The third kappa shape index (κ3) is 4.64. The van der Waals surface area contributed by atoms with Crippen LogP contribution in [0.5, 0.6) is 11.5 Å². The Bertz CT molecular complexity index is 972. The molecule has 0 fully saturated rings. The number of amides is 1. The van der Waals surface area contributed by atoms with Crippen LogP contribution >= 0.6 is 0 Å². The zero-order chi connectivity index (χ0) is 19.9. The van der Waals surface area contributed by atoms with Crippen LogP contribution < -0.4 is 14.8 Å². The molecule has 3 rings (SSSR count). The van der Waals surface area contributed by atoms with Crippen LogP contribution in [0.3, 0.4) is 0 Å². The highest BCUT2D eigenvalue weighted by Crippen LogP contribution is 2.31. The Morgan fingerprint density at radius 2 is 1.71 bits per heavy atom. The van der Waals surface area contributed by atoms with E-state index in [0.29, 0.717) is 11.3 Å². The van der Waals surface area contributed by atoms with E-state index in [9.17, 15) is 14.9 Å². The number of para-hydroxylation sites is 1. The number of hydrogen-bond acceptors (Lipinski definition) is 5. The number of nitro groups is 1. The molecule has 0 radical (unpaired) electrons. The summed E-state index contributed by atoms with van der Waals surface area (Å²) < 4.78 is 10.8. The van der Waals surface area contributed by atoms with Gasteiger partial charge in [0.25, 0.3) is 11.6 Å². The van der Waals surface area contributed by atoms with E-state index in [-0.39, 0.29) is 24.0 Å². The summed E-state index contributed by atoms with van der Waals surface area (Å²) in [6.07, 6.45) is 0. The number of nitrogens with zero attached hydrogens (tertiary/aromatic N) is 1. The van der Waals surface area contributed by atoms with Crippen LogP contribution in [0.4, 0.5) is 11.4 Å². The van der Waals surface area contributed by atoms with E-state index in [1.807, 2.05) is 30.3 Å². The summed E-state index contributed by atoms with van der Waals surface area (Å²) in [6.45, 7) is 0.231. The van der Waals surface area contributed by atoms with Gasteiger partial charge in [0.15, 0.2) is 11.5 Å². The lowest BCUT2D eigenvalue weighted by Gasteiger charge is -2.11. The number of non-ortho nitro benzene ring substituents is 1. The predicted molar refractivity (Wildman–Crippen MR) is 105 cm³/mol. The molecule has 0 heterocycles. The van der Waals surface area contributed by atoms with Crippen molar-refractivity contribution in [2.75, 3.05) is 12.4 Å². The number of anilines is 1. The van der Waals surface area contributed by atoms with Gasteiger partial charge in [-0.05, 0) is 35.9 Å². The molecule has 7 nitrogen and oxygen atoms in total. The van der Waals surface area contributed by atoms with Gasteiger partial charge in [0, 0.05) is 17.3 Å². The third-order valence-electron chi connectivity index (χ3n) is 4.00. The quantitative estimate of drug-likeness (QED) is 0.485. The van der Waals surface area contributed by atoms with E-state index in [1.165, 1.54) is 25.3 Å². The molecule has 3 aromatic carbocycles. The van der Waals surface area contributed by atoms with Crippen LogP contribution in [0.2, 0.25) is 0 Å². The van der Waals surface area contributed by atoms with E-state index >= 15 is 0 Å². The first-order valence-corrected chi connectivity index (χ1v) is 8.47. The summed E-state index contributed by atoms with van der Waals surface area (Å²) in [6, 6.07) is 20.4. The fraction of sp³-hybridized carbons (Fsp3) is 0.0952. The highest BCUT2D eigenvalue weighted by molar-refractivity contribution is 6.04. The fourth-order valence-corrected chi connectivity index (χ4v) is 2.53. The average Bonchev–Trinajstić information content (AvgIpc) is 2.73. The third-order valence-corrected chi connectivity index (χ3v) is 4.00. The molecule has 0 aliphatic heterocycles. The number of rotatable bonds is 7. The van der Waals surface area contributed by atoms with Gasteiger partial charge in [0.2, 0.25) is 0 Å². The molecule has 1 amide bonds. The molecule has 0 aliphatic carbocycles. The minimum Gasteiger partial charge on any atom is -0.493 e. The van der Waals surface area contributed by atoms with Gasteiger partial charge in [-0.2, -0.15) is 0 Å². The Balaban J connectivity index is 1.63. The lowest BCUT2D eigenvalue weighted by atomic mass is 10.1. The first-order valence-electron chi connectivity index (χ1n) is 8.47. The molecule has 0 saturated heterocycles. The van der Waals surface area contributed by atoms with Crippen LogP contribution in [0.15, 0.2) is 72.8 Å². The summed E-state index contributed by atoms with van der Waals surface area (Å²) in [5.41, 5.74) is 2.03. The number of nitrogens with one attached hydrogen (secondary N) is 1. The number of carbonyl (C=O) groups is 1. The minimum atomic E-state index is -0.495. The molecule has 0 aromatic heterocycles. The van der Waals surface area contributed by atoms with Crippen LogP contribution in [0, 0.1) is 10.1 Å². The monoisotopic (exact) mass is 378 g/mol. The van der Waals surface area contributed by atoms with Crippen LogP contribution in [-0.4, -0.2) is 17.9 Å². The van der Waals surface area contributed by atoms with E-state index in [4.69, 9.17) is 9.47 Å². The minimum absolute atomic E-state index is 0.0713. The van der Waals surface area contributed by atoms with Crippen molar-refractivity contribution in [3.05, 3.63) is 94.0 Å². The van der Waals surface area contributed by atoms with Crippen molar-refractivity contribution < 1.29 is 19.2 Å². The SMILES string of the molecule is COc1cc([N+](=O)[O-])ccc1OCc1ccc(C(=O)Nc2ccccc2)cc1. The van der Waals surface area contributed by atoms with Gasteiger partial charge < -0.3 is 14.8 Å².